The highest BCUT2D eigenvalue weighted by atomic mass is 19.1. The maximum Gasteiger partial charge on any atom is 0.410 e. The minimum absolute atomic E-state index is 0.00655. The second-order valence-electron chi connectivity index (χ2n) is 9.51. The highest BCUT2D eigenvalue weighted by Gasteiger charge is 2.37. The molecule has 3 aromatic rings. The number of likely N-dealkylation sites (tertiary alicyclic amines) is 1. The van der Waals surface area contributed by atoms with E-state index < -0.39 is 23.9 Å². The van der Waals surface area contributed by atoms with E-state index >= 15 is 0 Å². The molecule has 168 valence electrons. The summed E-state index contributed by atoms with van der Waals surface area (Å²) in [7, 11) is 0. The molecule has 1 saturated carbocycles. The Hall–Kier alpha value is -3.23. The van der Waals surface area contributed by atoms with E-state index in [-0.39, 0.29) is 13.1 Å². The first kappa shape index (κ1) is 20.7. The number of amides is 1. The molecule has 5 rings (SSSR count). The Bertz CT molecular complexity index is 1150. The number of rotatable bonds is 4. The standard InChI is InChI=1S/C23H27FN6O2/c1-23(2,3)32-22(31)29-12-15(24)18(13-29)27-20-6-4-5-17(26-20)19-11-25-21-10-9-16(14-7-8-14)28-30(19)21/h4-6,9-11,14-15,18H,7-8,12-13H2,1-3H3,(H,26,27)/t15-,18?/m0/s1. The second-order valence-corrected chi connectivity index (χ2v) is 9.51. The van der Waals surface area contributed by atoms with Crippen LogP contribution in [-0.2, 0) is 4.74 Å². The molecular formula is C23H27FN6O2. The number of pyridine rings is 1. The second kappa shape index (κ2) is 7.72. The number of ether oxygens (including phenoxy) is 1. The SMILES string of the molecule is CC(C)(C)OC(=O)N1CC(Nc2cccc(-c3cnc4ccc(C5CC5)nn34)n2)[C@@H](F)C1. The largest absolute Gasteiger partial charge is 0.444 e. The molecule has 1 amide bonds. The van der Waals surface area contributed by atoms with Crippen LogP contribution < -0.4 is 5.32 Å². The van der Waals surface area contributed by atoms with Crippen molar-refractivity contribution in [1.82, 2.24) is 24.5 Å². The minimum atomic E-state index is -1.22. The summed E-state index contributed by atoms with van der Waals surface area (Å²) in [5.74, 6) is 1.07. The van der Waals surface area contributed by atoms with Crippen LogP contribution in [0.4, 0.5) is 15.0 Å². The topological polar surface area (TPSA) is 84.6 Å². The van der Waals surface area contributed by atoms with Crippen LogP contribution >= 0.6 is 0 Å². The lowest BCUT2D eigenvalue weighted by Gasteiger charge is -2.24. The van der Waals surface area contributed by atoms with Crippen molar-refractivity contribution in [3.8, 4) is 11.4 Å². The van der Waals surface area contributed by atoms with Crippen LogP contribution in [0.3, 0.4) is 0 Å². The Balaban J connectivity index is 1.33. The van der Waals surface area contributed by atoms with Gasteiger partial charge >= 0.3 is 6.09 Å². The molecule has 2 atom stereocenters. The van der Waals surface area contributed by atoms with Crippen molar-refractivity contribution >= 4 is 17.6 Å². The smallest absolute Gasteiger partial charge is 0.410 e. The van der Waals surface area contributed by atoms with Crippen LogP contribution in [0.15, 0.2) is 36.5 Å². The number of nitrogens with one attached hydrogen (secondary N) is 1. The van der Waals surface area contributed by atoms with Gasteiger partial charge in [0.05, 0.1) is 30.2 Å². The van der Waals surface area contributed by atoms with Gasteiger partial charge in [0.25, 0.3) is 0 Å². The molecular weight excluding hydrogens is 411 g/mol. The third-order valence-corrected chi connectivity index (χ3v) is 5.62. The van der Waals surface area contributed by atoms with Gasteiger partial charge in [0.15, 0.2) is 5.65 Å². The molecule has 1 N–H and O–H groups in total. The number of nitrogens with zero attached hydrogens (tertiary/aromatic N) is 5. The number of halogens is 1. The molecule has 8 nitrogen and oxygen atoms in total. The van der Waals surface area contributed by atoms with E-state index in [1.165, 1.54) is 17.7 Å². The number of aromatic nitrogens is 4. The van der Waals surface area contributed by atoms with Crippen molar-refractivity contribution in [2.24, 2.45) is 0 Å². The molecule has 1 aliphatic carbocycles. The van der Waals surface area contributed by atoms with Gasteiger partial charge in [0, 0.05) is 12.5 Å². The van der Waals surface area contributed by atoms with Crippen molar-refractivity contribution in [1.29, 1.82) is 0 Å². The quantitative estimate of drug-likeness (QED) is 0.662. The highest BCUT2D eigenvalue weighted by molar-refractivity contribution is 5.69. The number of hydrogen-bond acceptors (Lipinski definition) is 6. The average Bonchev–Trinajstić information content (AvgIpc) is 3.40. The van der Waals surface area contributed by atoms with E-state index in [4.69, 9.17) is 9.84 Å². The molecule has 1 aliphatic heterocycles. The molecule has 0 radical (unpaired) electrons. The fourth-order valence-corrected chi connectivity index (χ4v) is 3.88. The molecule has 3 aromatic heterocycles. The Morgan fingerprint density at radius 1 is 1.19 bits per heavy atom. The van der Waals surface area contributed by atoms with Crippen LogP contribution in [0.25, 0.3) is 17.0 Å². The summed E-state index contributed by atoms with van der Waals surface area (Å²) < 4.78 is 21.8. The van der Waals surface area contributed by atoms with Crippen LogP contribution in [0.2, 0.25) is 0 Å². The fraction of sp³-hybridized carbons (Fsp3) is 0.478. The normalized spacial score (nSPS) is 21.2. The van der Waals surface area contributed by atoms with E-state index in [1.807, 2.05) is 28.8 Å². The number of alkyl halides is 1. The summed E-state index contributed by atoms with van der Waals surface area (Å²) in [6.07, 6.45) is 2.38. The van der Waals surface area contributed by atoms with Gasteiger partial charge in [-0.3, -0.25) is 0 Å². The Morgan fingerprint density at radius 3 is 2.75 bits per heavy atom. The Morgan fingerprint density at radius 2 is 2.00 bits per heavy atom. The molecule has 9 heteroatoms. The van der Waals surface area contributed by atoms with Gasteiger partial charge in [-0.1, -0.05) is 6.07 Å². The first-order valence-electron chi connectivity index (χ1n) is 11.0. The van der Waals surface area contributed by atoms with Crippen LogP contribution in [0.5, 0.6) is 0 Å². The number of hydrogen-bond donors (Lipinski definition) is 1. The van der Waals surface area contributed by atoms with Gasteiger partial charge in [-0.2, -0.15) is 5.10 Å². The van der Waals surface area contributed by atoms with Crippen molar-refractivity contribution in [2.75, 3.05) is 18.4 Å². The first-order chi connectivity index (χ1) is 15.3. The third kappa shape index (κ3) is 4.24. The van der Waals surface area contributed by atoms with Crippen LogP contribution in [0.1, 0.15) is 45.2 Å². The van der Waals surface area contributed by atoms with Gasteiger partial charge in [-0.15, -0.1) is 0 Å². The van der Waals surface area contributed by atoms with E-state index in [2.05, 4.69) is 15.3 Å². The average molecular weight is 439 g/mol. The number of anilines is 1. The van der Waals surface area contributed by atoms with Gasteiger partial charge in [0.2, 0.25) is 0 Å². The zero-order chi connectivity index (χ0) is 22.5. The monoisotopic (exact) mass is 438 g/mol. The van der Waals surface area contributed by atoms with Crippen LogP contribution in [0, 0.1) is 0 Å². The molecule has 1 unspecified atom stereocenters. The van der Waals surface area contributed by atoms with E-state index in [0.29, 0.717) is 17.4 Å². The van der Waals surface area contributed by atoms with Gasteiger partial charge in [0.1, 0.15) is 23.3 Å². The number of carbonyl (C=O) groups is 1. The van der Waals surface area contributed by atoms with Crippen molar-refractivity contribution in [2.45, 2.75) is 57.3 Å². The molecule has 2 fully saturated rings. The van der Waals surface area contributed by atoms with Gasteiger partial charge < -0.3 is 15.0 Å². The van der Waals surface area contributed by atoms with E-state index in [1.54, 1.807) is 33.0 Å². The molecule has 0 aromatic carbocycles. The van der Waals surface area contributed by atoms with Crippen molar-refractivity contribution in [3.05, 3.63) is 42.2 Å². The summed E-state index contributed by atoms with van der Waals surface area (Å²) >= 11 is 0. The van der Waals surface area contributed by atoms with Crippen molar-refractivity contribution < 1.29 is 13.9 Å². The highest BCUT2D eigenvalue weighted by Crippen LogP contribution is 2.39. The summed E-state index contributed by atoms with van der Waals surface area (Å²) in [6, 6.07) is 8.99. The number of carbonyl (C=O) groups excluding carboxylic acids is 1. The summed E-state index contributed by atoms with van der Waals surface area (Å²) in [5, 5.41) is 7.90. The lowest BCUT2D eigenvalue weighted by atomic mass is 10.2. The number of fused-ring (bicyclic) bond motifs is 1. The molecule has 0 spiro atoms. The van der Waals surface area contributed by atoms with Crippen LogP contribution in [-0.4, -0.2) is 61.5 Å². The molecule has 1 saturated heterocycles. The first-order valence-corrected chi connectivity index (χ1v) is 11.0. The summed E-state index contributed by atoms with van der Waals surface area (Å²) in [6.45, 7) is 5.59. The molecule has 4 heterocycles. The van der Waals surface area contributed by atoms with Gasteiger partial charge in [-0.05, 0) is 57.9 Å². The fourth-order valence-electron chi connectivity index (χ4n) is 3.88. The molecule has 32 heavy (non-hydrogen) atoms. The number of imidazole rings is 1. The summed E-state index contributed by atoms with van der Waals surface area (Å²) in [4.78, 5) is 22.8. The molecule has 0 bridgehead atoms. The lowest BCUT2D eigenvalue weighted by molar-refractivity contribution is 0.0283. The minimum Gasteiger partial charge on any atom is -0.444 e. The zero-order valence-corrected chi connectivity index (χ0v) is 18.5. The predicted octanol–water partition coefficient (Wildman–Crippen LogP) is 4.04. The summed E-state index contributed by atoms with van der Waals surface area (Å²) in [5.41, 5.74) is 2.69. The maximum atomic E-state index is 14.7. The van der Waals surface area contributed by atoms with Crippen molar-refractivity contribution in [3.63, 3.8) is 0 Å². The van der Waals surface area contributed by atoms with Gasteiger partial charge in [-0.25, -0.2) is 23.7 Å². The Labute approximate surface area is 185 Å². The Kier molecular flexibility index (Phi) is 4.98. The van der Waals surface area contributed by atoms with E-state index in [0.717, 1.165) is 17.0 Å². The molecule has 2 aliphatic rings. The predicted molar refractivity (Wildman–Crippen MR) is 118 cm³/mol. The lowest BCUT2D eigenvalue weighted by Crippen LogP contribution is -2.36. The third-order valence-electron chi connectivity index (χ3n) is 5.62. The van der Waals surface area contributed by atoms with E-state index in [9.17, 15) is 9.18 Å². The zero-order valence-electron chi connectivity index (χ0n) is 18.5. The maximum absolute atomic E-state index is 14.7.